The number of nitrogens with one attached hydrogen (secondary N) is 1. The minimum Gasteiger partial charge on any atom is -0.399 e. The lowest BCUT2D eigenvalue weighted by molar-refractivity contribution is 0.102. The molecule has 2 rings (SSSR count). The highest BCUT2D eigenvalue weighted by atomic mass is 32.2. The van der Waals surface area contributed by atoms with E-state index in [9.17, 15) is 4.79 Å². The molecule has 19 heavy (non-hydrogen) atoms. The van der Waals surface area contributed by atoms with Crippen molar-refractivity contribution in [1.29, 1.82) is 0 Å². The number of benzene rings is 2. The lowest BCUT2D eigenvalue weighted by Gasteiger charge is -2.10. The van der Waals surface area contributed by atoms with Gasteiger partial charge in [0.15, 0.2) is 0 Å². The van der Waals surface area contributed by atoms with Crippen molar-refractivity contribution in [3.05, 3.63) is 54.1 Å². The Morgan fingerprint density at radius 1 is 1.16 bits per heavy atom. The number of amides is 1. The van der Waals surface area contributed by atoms with Crippen LogP contribution in [0.4, 0.5) is 11.4 Å². The van der Waals surface area contributed by atoms with Crippen LogP contribution in [0, 0.1) is 0 Å². The fourth-order valence-corrected chi connectivity index (χ4v) is 2.44. The summed E-state index contributed by atoms with van der Waals surface area (Å²) in [5.74, 6) is 0.846. The number of para-hydroxylation sites is 1. The normalized spacial score (nSPS) is 10.2. The van der Waals surface area contributed by atoms with E-state index in [2.05, 4.69) is 12.2 Å². The predicted molar refractivity (Wildman–Crippen MR) is 81.6 cm³/mol. The Morgan fingerprint density at radius 3 is 2.53 bits per heavy atom. The molecule has 3 N–H and O–H groups in total. The Hall–Kier alpha value is -1.94. The molecule has 3 nitrogen and oxygen atoms in total. The molecule has 0 atom stereocenters. The van der Waals surface area contributed by atoms with Crippen molar-refractivity contribution in [2.24, 2.45) is 0 Å². The van der Waals surface area contributed by atoms with E-state index in [4.69, 9.17) is 5.73 Å². The molecule has 0 aliphatic heterocycles. The third-order valence-electron chi connectivity index (χ3n) is 2.61. The fraction of sp³-hybridized carbons (Fsp3) is 0.133. The first-order valence-electron chi connectivity index (χ1n) is 6.09. The van der Waals surface area contributed by atoms with Gasteiger partial charge in [0, 0.05) is 16.1 Å². The zero-order chi connectivity index (χ0) is 13.7. The molecule has 2 aromatic carbocycles. The van der Waals surface area contributed by atoms with E-state index >= 15 is 0 Å². The Morgan fingerprint density at radius 2 is 1.84 bits per heavy atom. The van der Waals surface area contributed by atoms with E-state index in [-0.39, 0.29) is 5.91 Å². The Balaban J connectivity index is 2.16. The van der Waals surface area contributed by atoms with Gasteiger partial charge < -0.3 is 11.1 Å². The SMILES string of the molecule is CCSc1ccccc1NC(=O)c1ccc(N)cc1. The predicted octanol–water partition coefficient (Wildman–Crippen LogP) is 3.63. The van der Waals surface area contributed by atoms with Crippen LogP contribution >= 0.6 is 11.8 Å². The Kier molecular flexibility index (Phi) is 4.47. The van der Waals surface area contributed by atoms with E-state index in [1.165, 1.54) is 0 Å². The van der Waals surface area contributed by atoms with Gasteiger partial charge in [-0.3, -0.25) is 4.79 Å². The zero-order valence-corrected chi connectivity index (χ0v) is 11.5. The molecular formula is C15H16N2OS. The molecule has 0 heterocycles. The van der Waals surface area contributed by atoms with E-state index in [0.29, 0.717) is 11.3 Å². The highest BCUT2D eigenvalue weighted by Gasteiger charge is 2.08. The average molecular weight is 272 g/mol. The first-order chi connectivity index (χ1) is 9.20. The van der Waals surface area contributed by atoms with Gasteiger partial charge in [-0.15, -0.1) is 11.8 Å². The van der Waals surface area contributed by atoms with Gasteiger partial charge in [0.1, 0.15) is 0 Å². The summed E-state index contributed by atoms with van der Waals surface area (Å²) in [5, 5.41) is 2.93. The van der Waals surface area contributed by atoms with Crippen LogP contribution in [0.25, 0.3) is 0 Å². The summed E-state index contributed by atoms with van der Waals surface area (Å²) in [4.78, 5) is 13.2. The number of thioether (sulfide) groups is 1. The standard InChI is InChI=1S/C15H16N2OS/c1-2-19-14-6-4-3-5-13(14)17-15(18)11-7-9-12(16)10-8-11/h3-10H,2,16H2,1H3,(H,17,18). The van der Waals surface area contributed by atoms with Crippen LogP contribution in [-0.2, 0) is 0 Å². The van der Waals surface area contributed by atoms with Crippen molar-refractivity contribution in [1.82, 2.24) is 0 Å². The summed E-state index contributed by atoms with van der Waals surface area (Å²) < 4.78 is 0. The lowest BCUT2D eigenvalue weighted by atomic mass is 10.2. The van der Waals surface area contributed by atoms with Crippen molar-refractivity contribution < 1.29 is 4.79 Å². The number of carbonyl (C=O) groups excluding carboxylic acids is 1. The van der Waals surface area contributed by atoms with Gasteiger partial charge in [0.05, 0.1) is 5.69 Å². The number of hydrogen-bond donors (Lipinski definition) is 2. The Labute approximate surface area is 117 Å². The van der Waals surface area contributed by atoms with Crippen LogP contribution in [0.15, 0.2) is 53.4 Å². The van der Waals surface area contributed by atoms with Crippen molar-refractivity contribution in [3.63, 3.8) is 0 Å². The largest absolute Gasteiger partial charge is 0.399 e. The molecular weight excluding hydrogens is 256 g/mol. The molecule has 0 aromatic heterocycles. The monoisotopic (exact) mass is 272 g/mol. The molecule has 0 saturated carbocycles. The summed E-state index contributed by atoms with van der Waals surface area (Å²) in [7, 11) is 0. The summed E-state index contributed by atoms with van der Waals surface area (Å²) in [5.41, 5.74) is 7.71. The van der Waals surface area contributed by atoms with Gasteiger partial charge in [-0.2, -0.15) is 0 Å². The van der Waals surface area contributed by atoms with E-state index in [1.807, 2.05) is 24.3 Å². The quantitative estimate of drug-likeness (QED) is 0.660. The maximum Gasteiger partial charge on any atom is 0.255 e. The number of hydrogen-bond acceptors (Lipinski definition) is 3. The second-order valence-corrected chi connectivity index (χ2v) is 5.31. The molecule has 0 spiro atoms. The third kappa shape index (κ3) is 3.51. The van der Waals surface area contributed by atoms with Crippen LogP contribution in [0.2, 0.25) is 0 Å². The van der Waals surface area contributed by atoms with Crippen LogP contribution in [0.3, 0.4) is 0 Å². The molecule has 0 saturated heterocycles. The van der Waals surface area contributed by atoms with Crippen LogP contribution in [0.5, 0.6) is 0 Å². The number of carbonyl (C=O) groups is 1. The summed E-state index contributed by atoms with van der Waals surface area (Å²) in [6.45, 7) is 2.09. The van der Waals surface area contributed by atoms with Gasteiger partial charge in [0.2, 0.25) is 0 Å². The van der Waals surface area contributed by atoms with Crippen molar-refractivity contribution >= 4 is 29.0 Å². The molecule has 0 aliphatic rings. The van der Waals surface area contributed by atoms with Crippen molar-refractivity contribution in [3.8, 4) is 0 Å². The van der Waals surface area contributed by atoms with Crippen LogP contribution < -0.4 is 11.1 Å². The molecule has 4 heteroatoms. The van der Waals surface area contributed by atoms with E-state index < -0.39 is 0 Å². The van der Waals surface area contributed by atoms with Gasteiger partial charge in [-0.1, -0.05) is 19.1 Å². The number of anilines is 2. The first kappa shape index (κ1) is 13.5. The molecule has 0 aliphatic carbocycles. The van der Waals surface area contributed by atoms with Crippen LogP contribution in [-0.4, -0.2) is 11.7 Å². The maximum atomic E-state index is 12.1. The molecule has 0 fully saturated rings. The Bertz CT molecular complexity index is 567. The van der Waals surface area contributed by atoms with Crippen molar-refractivity contribution in [2.75, 3.05) is 16.8 Å². The number of rotatable bonds is 4. The number of nitrogens with two attached hydrogens (primary N) is 1. The topological polar surface area (TPSA) is 55.1 Å². The molecule has 2 aromatic rings. The summed E-state index contributed by atoms with van der Waals surface area (Å²) in [6, 6.07) is 14.7. The van der Waals surface area contributed by atoms with Crippen molar-refractivity contribution in [2.45, 2.75) is 11.8 Å². The molecule has 98 valence electrons. The average Bonchev–Trinajstić information content (AvgIpc) is 2.42. The molecule has 0 bridgehead atoms. The smallest absolute Gasteiger partial charge is 0.255 e. The second kappa shape index (κ2) is 6.29. The first-order valence-corrected chi connectivity index (χ1v) is 7.08. The van der Waals surface area contributed by atoms with E-state index in [0.717, 1.165) is 16.3 Å². The highest BCUT2D eigenvalue weighted by molar-refractivity contribution is 7.99. The number of nitrogen functional groups attached to an aromatic ring is 1. The van der Waals surface area contributed by atoms with Gasteiger partial charge in [-0.25, -0.2) is 0 Å². The van der Waals surface area contributed by atoms with Gasteiger partial charge in [-0.05, 0) is 42.2 Å². The summed E-state index contributed by atoms with van der Waals surface area (Å²) >= 11 is 1.71. The minimum atomic E-state index is -0.121. The molecule has 0 unspecified atom stereocenters. The van der Waals surface area contributed by atoms with Gasteiger partial charge in [0.25, 0.3) is 5.91 Å². The molecule has 0 radical (unpaired) electrons. The highest BCUT2D eigenvalue weighted by Crippen LogP contribution is 2.27. The second-order valence-electron chi connectivity index (χ2n) is 4.01. The zero-order valence-electron chi connectivity index (χ0n) is 10.7. The third-order valence-corrected chi connectivity index (χ3v) is 3.56. The minimum absolute atomic E-state index is 0.121. The van der Waals surface area contributed by atoms with Crippen LogP contribution in [0.1, 0.15) is 17.3 Å². The maximum absolute atomic E-state index is 12.1. The fourth-order valence-electron chi connectivity index (χ4n) is 1.68. The molecule has 1 amide bonds. The van der Waals surface area contributed by atoms with Gasteiger partial charge >= 0.3 is 0 Å². The summed E-state index contributed by atoms with van der Waals surface area (Å²) in [6.07, 6.45) is 0. The lowest BCUT2D eigenvalue weighted by Crippen LogP contribution is -2.12. The van der Waals surface area contributed by atoms with E-state index in [1.54, 1.807) is 36.0 Å².